The van der Waals surface area contributed by atoms with E-state index >= 15 is 0 Å². The van der Waals surface area contributed by atoms with E-state index in [1.807, 2.05) is 0 Å². The summed E-state index contributed by atoms with van der Waals surface area (Å²) >= 11 is 0. The van der Waals surface area contributed by atoms with E-state index in [1.54, 1.807) is 0 Å². The van der Waals surface area contributed by atoms with E-state index in [2.05, 4.69) is 78.7 Å². The minimum absolute atomic E-state index is 0.0581. The summed E-state index contributed by atoms with van der Waals surface area (Å²) < 4.78 is 5.21. The van der Waals surface area contributed by atoms with Crippen molar-refractivity contribution in [1.29, 1.82) is 0 Å². The maximum Gasteiger partial charge on any atom is 0.335 e. The maximum atomic E-state index is 12.8. The highest BCUT2D eigenvalue weighted by Crippen LogP contribution is 2.62. The van der Waals surface area contributed by atoms with E-state index in [4.69, 9.17) is 4.74 Å². The SMILES string of the molecule is COC(=O)C1=C2Nc3ccccc3C23CCN(Cc2ccccc2)C3C(C)(C)C1. The van der Waals surface area contributed by atoms with Crippen LogP contribution in [0.15, 0.2) is 65.9 Å². The van der Waals surface area contributed by atoms with Crippen LogP contribution in [0, 0.1) is 5.41 Å². The van der Waals surface area contributed by atoms with Gasteiger partial charge in [0.05, 0.1) is 18.1 Å². The smallest absolute Gasteiger partial charge is 0.335 e. The fourth-order valence-corrected chi connectivity index (χ4v) is 6.24. The highest BCUT2D eigenvalue weighted by Gasteiger charge is 2.63. The number of para-hydroxylation sites is 1. The van der Waals surface area contributed by atoms with Gasteiger partial charge in [-0.3, -0.25) is 4.90 Å². The molecule has 2 aromatic carbocycles. The predicted molar refractivity (Wildman–Crippen MR) is 114 cm³/mol. The Morgan fingerprint density at radius 1 is 1.14 bits per heavy atom. The minimum Gasteiger partial charge on any atom is -0.466 e. The summed E-state index contributed by atoms with van der Waals surface area (Å²) in [7, 11) is 1.49. The number of benzene rings is 2. The van der Waals surface area contributed by atoms with Crippen LogP contribution in [0.5, 0.6) is 0 Å². The number of anilines is 1. The van der Waals surface area contributed by atoms with Crippen molar-refractivity contribution in [3.63, 3.8) is 0 Å². The van der Waals surface area contributed by atoms with Gasteiger partial charge in [-0.2, -0.15) is 0 Å². The summed E-state index contributed by atoms with van der Waals surface area (Å²) in [6, 6.07) is 19.6. The Balaban J connectivity index is 1.68. The number of fused-ring (bicyclic) bond motifs is 1. The van der Waals surface area contributed by atoms with Gasteiger partial charge in [0.2, 0.25) is 0 Å². The third-order valence-electron chi connectivity index (χ3n) is 7.07. The zero-order valence-electron chi connectivity index (χ0n) is 17.4. The molecule has 4 heteroatoms. The number of hydrogen-bond acceptors (Lipinski definition) is 4. The van der Waals surface area contributed by atoms with Gasteiger partial charge in [-0.15, -0.1) is 0 Å². The predicted octanol–water partition coefficient (Wildman–Crippen LogP) is 4.48. The average Bonchev–Trinajstić information content (AvgIpc) is 3.27. The molecule has 2 atom stereocenters. The Morgan fingerprint density at radius 3 is 2.62 bits per heavy atom. The van der Waals surface area contributed by atoms with E-state index in [0.717, 1.165) is 36.5 Å². The summed E-state index contributed by atoms with van der Waals surface area (Å²) in [5.41, 5.74) is 5.44. The van der Waals surface area contributed by atoms with E-state index in [0.29, 0.717) is 12.5 Å². The lowest BCUT2D eigenvalue weighted by atomic mass is 9.58. The lowest BCUT2D eigenvalue weighted by Gasteiger charge is -2.50. The van der Waals surface area contributed by atoms with Crippen molar-refractivity contribution in [2.45, 2.75) is 44.7 Å². The van der Waals surface area contributed by atoms with Gasteiger partial charge < -0.3 is 10.1 Å². The van der Waals surface area contributed by atoms with Crippen molar-refractivity contribution in [3.05, 3.63) is 77.0 Å². The van der Waals surface area contributed by atoms with Crippen LogP contribution in [0.1, 0.15) is 37.8 Å². The van der Waals surface area contributed by atoms with Gasteiger partial charge in [0.1, 0.15) is 0 Å². The fourth-order valence-electron chi connectivity index (χ4n) is 6.24. The first-order valence-electron chi connectivity index (χ1n) is 10.4. The van der Waals surface area contributed by atoms with Crippen molar-refractivity contribution in [2.24, 2.45) is 5.41 Å². The quantitative estimate of drug-likeness (QED) is 0.787. The molecular formula is C25H28N2O2. The van der Waals surface area contributed by atoms with Crippen molar-refractivity contribution >= 4 is 11.7 Å². The second-order valence-corrected chi connectivity index (χ2v) is 9.26. The number of ether oxygens (including phenoxy) is 1. The summed E-state index contributed by atoms with van der Waals surface area (Å²) in [6.45, 7) is 6.56. The van der Waals surface area contributed by atoms with E-state index in [-0.39, 0.29) is 16.8 Å². The number of nitrogens with zero attached hydrogens (tertiary/aromatic N) is 1. The fraction of sp³-hybridized carbons (Fsp3) is 0.400. The second kappa shape index (κ2) is 6.46. The molecule has 2 aliphatic heterocycles. The van der Waals surface area contributed by atoms with Crippen LogP contribution in [0.2, 0.25) is 0 Å². The molecule has 4 nitrogen and oxygen atoms in total. The van der Waals surface area contributed by atoms with Gasteiger partial charge in [-0.05, 0) is 35.4 Å². The molecule has 5 rings (SSSR count). The zero-order chi connectivity index (χ0) is 20.2. The van der Waals surface area contributed by atoms with Gasteiger partial charge in [-0.25, -0.2) is 4.79 Å². The highest BCUT2D eigenvalue weighted by atomic mass is 16.5. The third-order valence-corrected chi connectivity index (χ3v) is 7.07. The lowest BCUT2D eigenvalue weighted by molar-refractivity contribution is -0.137. The van der Waals surface area contributed by atoms with Crippen molar-refractivity contribution in [3.8, 4) is 0 Å². The number of carbonyl (C=O) groups is 1. The molecule has 0 bridgehead atoms. The first kappa shape index (κ1) is 18.4. The Hall–Kier alpha value is -2.59. The topological polar surface area (TPSA) is 41.6 Å². The molecule has 1 saturated heterocycles. The van der Waals surface area contributed by atoms with Gasteiger partial charge >= 0.3 is 5.97 Å². The van der Waals surface area contributed by atoms with Crippen molar-refractivity contribution in [1.82, 2.24) is 4.90 Å². The number of nitrogens with one attached hydrogen (secondary N) is 1. The third kappa shape index (κ3) is 2.58. The molecule has 2 unspecified atom stereocenters. The molecule has 150 valence electrons. The lowest BCUT2D eigenvalue weighted by Crippen LogP contribution is -2.55. The molecule has 1 fully saturated rings. The molecule has 29 heavy (non-hydrogen) atoms. The first-order valence-corrected chi connectivity index (χ1v) is 10.4. The molecule has 1 spiro atoms. The first-order chi connectivity index (χ1) is 14.0. The molecule has 2 heterocycles. The van der Waals surface area contributed by atoms with Crippen LogP contribution < -0.4 is 5.32 Å². The van der Waals surface area contributed by atoms with Gasteiger partial charge in [0, 0.05) is 30.5 Å². The summed E-state index contributed by atoms with van der Waals surface area (Å²) in [4.78, 5) is 15.4. The van der Waals surface area contributed by atoms with E-state index in [1.165, 1.54) is 18.2 Å². The number of hydrogen-bond donors (Lipinski definition) is 1. The van der Waals surface area contributed by atoms with Crippen LogP contribution in [0.25, 0.3) is 0 Å². The Morgan fingerprint density at radius 2 is 1.86 bits per heavy atom. The van der Waals surface area contributed by atoms with Crippen molar-refractivity contribution in [2.75, 3.05) is 19.0 Å². The van der Waals surface area contributed by atoms with E-state index in [9.17, 15) is 4.79 Å². The Bertz CT molecular complexity index is 995. The van der Waals surface area contributed by atoms with Gasteiger partial charge in [0.15, 0.2) is 0 Å². The minimum atomic E-state index is -0.201. The number of carbonyl (C=O) groups excluding carboxylic acids is 1. The molecule has 0 radical (unpaired) electrons. The largest absolute Gasteiger partial charge is 0.466 e. The zero-order valence-corrected chi connectivity index (χ0v) is 17.4. The number of rotatable bonds is 3. The van der Waals surface area contributed by atoms with Crippen molar-refractivity contribution < 1.29 is 9.53 Å². The van der Waals surface area contributed by atoms with Crippen LogP contribution in [0.4, 0.5) is 5.69 Å². The van der Waals surface area contributed by atoms with Crippen LogP contribution in [0.3, 0.4) is 0 Å². The number of likely N-dealkylation sites (tertiary alicyclic amines) is 1. The molecule has 0 saturated carbocycles. The standard InChI is InChI=1S/C25H28N2O2/c1-24(2)15-18(22(28)29-3)21-25(19-11-7-8-12-20(19)26-21)13-14-27(23(24)25)16-17-9-5-4-6-10-17/h4-12,23,26H,13-16H2,1-3H3. The molecule has 1 aliphatic carbocycles. The molecular weight excluding hydrogens is 360 g/mol. The van der Waals surface area contributed by atoms with E-state index < -0.39 is 0 Å². The molecule has 0 amide bonds. The normalized spacial score (nSPS) is 27.1. The molecule has 3 aliphatic rings. The van der Waals surface area contributed by atoms with Crippen LogP contribution >= 0.6 is 0 Å². The summed E-state index contributed by atoms with van der Waals surface area (Å²) in [5, 5.41) is 3.64. The molecule has 2 aromatic rings. The highest BCUT2D eigenvalue weighted by molar-refractivity contribution is 5.93. The van der Waals surface area contributed by atoms with Crippen LogP contribution in [-0.4, -0.2) is 30.6 Å². The monoisotopic (exact) mass is 388 g/mol. The maximum absolute atomic E-state index is 12.8. The molecule has 0 aromatic heterocycles. The van der Waals surface area contributed by atoms with Crippen LogP contribution in [-0.2, 0) is 21.5 Å². The second-order valence-electron chi connectivity index (χ2n) is 9.26. The summed E-state index contributed by atoms with van der Waals surface area (Å²) in [6.07, 6.45) is 1.72. The number of esters is 1. The van der Waals surface area contributed by atoms with Gasteiger partial charge in [0.25, 0.3) is 0 Å². The Labute approximate surface area is 172 Å². The van der Waals surface area contributed by atoms with Gasteiger partial charge in [-0.1, -0.05) is 62.4 Å². The average molecular weight is 389 g/mol. The number of methoxy groups -OCH3 is 1. The summed E-state index contributed by atoms with van der Waals surface area (Å²) in [5.74, 6) is -0.201. The molecule has 1 N–H and O–H groups in total. The Kier molecular flexibility index (Phi) is 4.11.